The second-order valence-electron chi connectivity index (χ2n) is 14.9. The maximum atomic E-state index is 4.63. The summed E-state index contributed by atoms with van der Waals surface area (Å²) in [7, 11) is 0. The van der Waals surface area contributed by atoms with Gasteiger partial charge in [0.1, 0.15) is 0 Å². The zero-order chi connectivity index (χ0) is 34.2. The van der Waals surface area contributed by atoms with Gasteiger partial charge in [-0.1, -0.05) is 113 Å². The summed E-state index contributed by atoms with van der Waals surface area (Å²) in [5.74, 6) is 0. The van der Waals surface area contributed by atoms with Gasteiger partial charge in [0.15, 0.2) is 0 Å². The molecule has 0 amide bonds. The van der Waals surface area contributed by atoms with Crippen LogP contribution in [0, 0.1) is 45.2 Å². The number of pyridine rings is 3. The summed E-state index contributed by atoms with van der Waals surface area (Å²) in [6.07, 6.45) is 5.02. The SMILES string of the molecule is Cc1cc[c-]c(-c2cc3c(cn2)-c2ccccc2C3(C)C)n1.Cc1cnc(-c2[c-]cc(C)c(-c3ccc(CC(C)(C)C)cc3)c2)cc1C.[Ir]. The van der Waals surface area contributed by atoms with Gasteiger partial charge < -0.3 is 9.97 Å². The van der Waals surface area contributed by atoms with Crippen LogP contribution in [0.2, 0.25) is 0 Å². The molecule has 0 unspecified atom stereocenters. The van der Waals surface area contributed by atoms with Crippen molar-refractivity contribution in [2.24, 2.45) is 5.41 Å². The van der Waals surface area contributed by atoms with Crippen molar-refractivity contribution in [3.8, 4) is 44.9 Å². The number of aryl methyl sites for hydroxylation is 4. The van der Waals surface area contributed by atoms with Gasteiger partial charge in [-0.05, 0) is 88.8 Å². The maximum Gasteiger partial charge on any atom is 0.0207 e. The van der Waals surface area contributed by atoms with E-state index in [2.05, 4.69) is 155 Å². The Morgan fingerprint density at radius 2 is 1.39 bits per heavy atom. The molecule has 4 heteroatoms. The van der Waals surface area contributed by atoms with E-state index in [-0.39, 0.29) is 25.5 Å². The summed E-state index contributed by atoms with van der Waals surface area (Å²) in [4.78, 5) is 13.8. The van der Waals surface area contributed by atoms with Gasteiger partial charge in [-0.3, -0.25) is 4.98 Å². The Bertz CT molecular complexity index is 2100. The monoisotopic (exact) mass is 820 g/mol. The molecule has 1 aliphatic rings. The molecule has 251 valence electrons. The Hall–Kier alpha value is -4.24. The number of rotatable bonds is 4. The number of benzene rings is 3. The van der Waals surface area contributed by atoms with E-state index in [1.807, 2.05) is 31.5 Å². The molecule has 0 saturated carbocycles. The van der Waals surface area contributed by atoms with E-state index in [1.54, 1.807) is 0 Å². The molecular formula is C45H45IrN3-2. The van der Waals surface area contributed by atoms with Gasteiger partial charge in [0.2, 0.25) is 0 Å². The predicted octanol–water partition coefficient (Wildman–Crippen LogP) is 11.3. The molecule has 3 heterocycles. The van der Waals surface area contributed by atoms with Gasteiger partial charge in [0.05, 0.1) is 0 Å². The Morgan fingerprint density at radius 3 is 2.08 bits per heavy atom. The van der Waals surface area contributed by atoms with Crippen molar-refractivity contribution in [1.29, 1.82) is 0 Å². The molecule has 6 aromatic rings. The van der Waals surface area contributed by atoms with Gasteiger partial charge in [-0.15, -0.1) is 35.4 Å². The summed E-state index contributed by atoms with van der Waals surface area (Å²) in [5, 5.41) is 0. The minimum absolute atomic E-state index is 0. The number of hydrogen-bond acceptors (Lipinski definition) is 3. The summed E-state index contributed by atoms with van der Waals surface area (Å²) in [6, 6.07) is 36.6. The molecule has 0 bridgehead atoms. The molecule has 0 atom stereocenters. The van der Waals surface area contributed by atoms with Crippen molar-refractivity contribution >= 4 is 0 Å². The van der Waals surface area contributed by atoms with Gasteiger partial charge in [-0.25, -0.2) is 0 Å². The van der Waals surface area contributed by atoms with Crippen LogP contribution in [-0.4, -0.2) is 15.0 Å². The average molecular weight is 820 g/mol. The van der Waals surface area contributed by atoms with Crippen LogP contribution in [0.1, 0.15) is 73.7 Å². The summed E-state index contributed by atoms with van der Waals surface area (Å²) >= 11 is 0. The van der Waals surface area contributed by atoms with Crippen LogP contribution in [0.5, 0.6) is 0 Å². The fraction of sp³-hybridized carbons (Fsp3) is 0.267. The summed E-state index contributed by atoms with van der Waals surface area (Å²) in [5.41, 5.74) is 17.8. The molecule has 0 spiro atoms. The average Bonchev–Trinajstić information content (AvgIpc) is 3.28. The van der Waals surface area contributed by atoms with Crippen molar-refractivity contribution in [2.75, 3.05) is 0 Å². The predicted molar refractivity (Wildman–Crippen MR) is 200 cm³/mol. The standard InChI is InChI=1S/C25H28N.C20H17N2.Ir/c1-17-7-10-22(24-13-18(2)19(3)16-26-24)14-23(17)21-11-8-20(9-12-21)15-25(4,5)6;1-13-7-6-10-18(22-13)19-11-17-15(12-21-19)14-8-4-5-9-16(14)20(17,2)3;/h7-9,11-14,16H,15H2,1-6H3;4-9,11-12H,1-3H3;/q2*-1;. The normalized spacial score (nSPS) is 12.7. The minimum atomic E-state index is -0.00651. The first-order valence-corrected chi connectivity index (χ1v) is 16.8. The fourth-order valence-electron chi connectivity index (χ4n) is 6.55. The molecular weight excluding hydrogens is 775 g/mol. The van der Waals surface area contributed by atoms with E-state index in [4.69, 9.17) is 0 Å². The first kappa shape index (κ1) is 36.1. The largest absolute Gasteiger partial charge is 0.317 e. The van der Waals surface area contributed by atoms with Crippen LogP contribution in [0.15, 0.2) is 97.3 Å². The Balaban J connectivity index is 0.000000189. The zero-order valence-corrected chi connectivity index (χ0v) is 32.5. The topological polar surface area (TPSA) is 38.7 Å². The molecule has 49 heavy (non-hydrogen) atoms. The number of nitrogens with zero attached hydrogens (tertiary/aromatic N) is 3. The maximum absolute atomic E-state index is 4.63. The van der Waals surface area contributed by atoms with Gasteiger partial charge in [0, 0.05) is 43.5 Å². The molecule has 3 aromatic heterocycles. The Kier molecular flexibility index (Phi) is 10.5. The first-order chi connectivity index (χ1) is 22.8. The van der Waals surface area contributed by atoms with Gasteiger partial charge in [-0.2, -0.15) is 12.1 Å². The number of aromatic nitrogens is 3. The quantitative estimate of drug-likeness (QED) is 0.166. The number of hydrogen-bond donors (Lipinski definition) is 0. The van der Waals surface area contributed by atoms with Gasteiger partial charge >= 0.3 is 0 Å². The summed E-state index contributed by atoms with van der Waals surface area (Å²) in [6.45, 7) is 19.7. The van der Waals surface area contributed by atoms with Crippen LogP contribution >= 0.6 is 0 Å². The van der Waals surface area contributed by atoms with Crippen molar-refractivity contribution in [1.82, 2.24) is 15.0 Å². The Labute approximate surface area is 306 Å². The number of fused-ring (bicyclic) bond motifs is 3. The van der Waals surface area contributed by atoms with Crippen molar-refractivity contribution in [3.05, 3.63) is 149 Å². The second-order valence-corrected chi connectivity index (χ2v) is 14.9. The van der Waals surface area contributed by atoms with Crippen molar-refractivity contribution in [2.45, 2.75) is 74.1 Å². The van der Waals surface area contributed by atoms with E-state index in [0.717, 1.165) is 34.8 Å². The van der Waals surface area contributed by atoms with Crippen LogP contribution in [0.3, 0.4) is 0 Å². The first-order valence-electron chi connectivity index (χ1n) is 16.8. The molecule has 0 aliphatic heterocycles. The molecule has 3 nitrogen and oxygen atoms in total. The van der Waals surface area contributed by atoms with Crippen LogP contribution in [-0.2, 0) is 31.9 Å². The molecule has 0 N–H and O–H groups in total. The molecule has 7 rings (SSSR count). The molecule has 3 aromatic carbocycles. The summed E-state index contributed by atoms with van der Waals surface area (Å²) < 4.78 is 0. The van der Waals surface area contributed by atoms with E-state index in [9.17, 15) is 0 Å². The molecule has 1 aliphatic carbocycles. The zero-order valence-electron chi connectivity index (χ0n) is 30.1. The Morgan fingerprint density at radius 1 is 0.673 bits per heavy atom. The third-order valence-corrected chi connectivity index (χ3v) is 9.35. The third-order valence-electron chi connectivity index (χ3n) is 9.35. The third kappa shape index (κ3) is 7.82. The molecule has 1 radical (unpaired) electrons. The van der Waals surface area contributed by atoms with Crippen LogP contribution in [0.4, 0.5) is 0 Å². The van der Waals surface area contributed by atoms with E-state index in [0.29, 0.717) is 5.41 Å². The van der Waals surface area contributed by atoms with Gasteiger partial charge in [0.25, 0.3) is 0 Å². The van der Waals surface area contributed by atoms with Crippen LogP contribution < -0.4 is 0 Å². The minimum Gasteiger partial charge on any atom is -0.317 e. The molecule has 0 saturated heterocycles. The van der Waals surface area contributed by atoms with E-state index < -0.39 is 0 Å². The second kappa shape index (κ2) is 14.3. The van der Waals surface area contributed by atoms with E-state index >= 15 is 0 Å². The smallest absolute Gasteiger partial charge is 0.0207 e. The van der Waals surface area contributed by atoms with Crippen molar-refractivity contribution < 1.29 is 20.1 Å². The van der Waals surface area contributed by atoms with E-state index in [1.165, 1.54) is 55.6 Å². The van der Waals surface area contributed by atoms with Crippen molar-refractivity contribution in [3.63, 3.8) is 0 Å². The van der Waals surface area contributed by atoms with Crippen LogP contribution in [0.25, 0.3) is 44.9 Å². The fourth-order valence-corrected chi connectivity index (χ4v) is 6.55. The molecule has 0 fully saturated rings.